The third-order valence-corrected chi connectivity index (χ3v) is 5.71. The lowest BCUT2D eigenvalue weighted by atomic mass is 10.3. The molecule has 0 aromatic rings. The number of unbranched alkanes of at least 4 members (excludes halogenated alkanes) is 6. The summed E-state index contributed by atoms with van der Waals surface area (Å²) in [6, 6.07) is 0. The smallest absolute Gasteiger partial charge is 0.108 e. The lowest BCUT2D eigenvalue weighted by molar-refractivity contribution is -0.00000370. The Labute approximate surface area is 123 Å². The molecule has 0 heterocycles. The minimum Gasteiger partial charge on any atom is -1.00 e. The van der Waals surface area contributed by atoms with E-state index in [0.717, 1.165) is 10.9 Å². The third kappa shape index (κ3) is 14.8. The summed E-state index contributed by atoms with van der Waals surface area (Å²) in [5.41, 5.74) is 0. The fraction of sp³-hybridized carbons (Fsp3) is 1.00. The molecule has 0 N–H and O–H groups in total. The molecule has 0 amide bonds. The topological polar surface area (TPSA) is 0 Å². The number of hydrogen-bond donors (Lipinski definition) is 0. The van der Waals surface area contributed by atoms with E-state index in [9.17, 15) is 0 Å². The molecule has 0 aromatic heterocycles. The Balaban J connectivity index is 0. The number of hydrogen-bond acceptors (Lipinski definition) is 0. The van der Waals surface area contributed by atoms with E-state index in [2.05, 4.69) is 20.8 Å². The molecule has 106 valence electrons. The van der Waals surface area contributed by atoms with E-state index in [1.165, 1.54) is 75.0 Å². The van der Waals surface area contributed by atoms with Gasteiger partial charge in [0.05, 0.1) is 0 Å². The minimum absolute atomic E-state index is 0. The van der Waals surface area contributed by atoms with Crippen LogP contribution in [-0.4, -0.2) is 17.3 Å². The number of rotatable bonds is 12. The Morgan fingerprint density at radius 1 is 0.529 bits per heavy atom. The quantitative estimate of drug-likeness (QED) is 0.381. The highest BCUT2D eigenvalue weighted by Crippen LogP contribution is 2.10. The van der Waals surface area contributed by atoms with Crippen LogP contribution in [0.4, 0.5) is 0 Å². The molecule has 0 atom stereocenters. The van der Waals surface area contributed by atoms with Crippen LogP contribution in [0.5, 0.6) is 0 Å². The van der Waals surface area contributed by atoms with Crippen LogP contribution in [0, 0.1) is 0 Å². The van der Waals surface area contributed by atoms with Crippen molar-refractivity contribution in [1.29, 1.82) is 0 Å². The van der Waals surface area contributed by atoms with Crippen molar-refractivity contribution in [2.75, 3.05) is 17.3 Å². The zero-order valence-electron chi connectivity index (χ0n) is 12.3. The van der Waals surface area contributed by atoms with Gasteiger partial charge in [-0.3, -0.25) is 0 Å². The Kier molecular flexibility index (Phi) is 20.0. The summed E-state index contributed by atoms with van der Waals surface area (Å²) >= 11 is 0. The van der Waals surface area contributed by atoms with Crippen molar-refractivity contribution in [1.82, 2.24) is 0 Å². The largest absolute Gasteiger partial charge is 1.00 e. The Morgan fingerprint density at radius 3 is 1.06 bits per heavy atom. The maximum absolute atomic E-state index is 2.31. The summed E-state index contributed by atoms with van der Waals surface area (Å²) < 4.78 is 0. The molecule has 0 aliphatic rings. The number of halogens is 1. The highest BCUT2D eigenvalue weighted by molar-refractivity contribution is 7.96. The first-order valence-corrected chi connectivity index (χ1v) is 9.22. The van der Waals surface area contributed by atoms with E-state index in [1.807, 2.05) is 0 Å². The predicted molar refractivity (Wildman–Crippen MR) is 80.5 cm³/mol. The van der Waals surface area contributed by atoms with Crippen molar-refractivity contribution in [3.63, 3.8) is 0 Å². The van der Waals surface area contributed by atoms with Gasteiger partial charge in [-0.15, -0.1) is 0 Å². The molecule has 0 rings (SSSR count). The summed E-state index contributed by atoms with van der Waals surface area (Å²) in [6.07, 6.45) is 12.9. The second-order valence-corrected chi connectivity index (χ2v) is 7.30. The van der Waals surface area contributed by atoms with Crippen molar-refractivity contribution in [3.8, 4) is 0 Å². The SMILES string of the molecule is CCCCC[S+](CCCCC)CCCCC.[Br-]. The van der Waals surface area contributed by atoms with Gasteiger partial charge in [0.2, 0.25) is 0 Å². The summed E-state index contributed by atoms with van der Waals surface area (Å²) in [5.74, 6) is 4.59. The first-order chi connectivity index (χ1) is 7.85. The molecule has 0 saturated carbocycles. The fourth-order valence-corrected chi connectivity index (χ4v) is 4.42. The molecule has 0 aliphatic carbocycles. The highest BCUT2D eigenvalue weighted by atomic mass is 79.9. The minimum atomic E-state index is 0. The van der Waals surface area contributed by atoms with Gasteiger partial charge < -0.3 is 17.0 Å². The van der Waals surface area contributed by atoms with Crippen LogP contribution in [0.2, 0.25) is 0 Å². The van der Waals surface area contributed by atoms with Crippen LogP contribution >= 0.6 is 0 Å². The molecule has 0 unspecified atom stereocenters. The van der Waals surface area contributed by atoms with Crippen molar-refractivity contribution in [2.24, 2.45) is 0 Å². The van der Waals surface area contributed by atoms with Crippen LogP contribution in [0.15, 0.2) is 0 Å². The Bertz CT molecular complexity index is 104. The molecular formula is C15H33BrS. The molecule has 0 spiro atoms. The van der Waals surface area contributed by atoms with Crippen molar-refractivity contribution in [3.05, 3.63) is 0 Å². The standard InChI is InChI=1S/C15H33S.BrH/c1-4-7-10-13-16(14-11-8-5-2)15-12-9-6-3;/h4-15H2,1-3H3;1H/q+1;/p-1. The predicted octanol–water partition coefficient (Wildman–Crippen LogP) is 2.18. The third-order valence-electron chi connectivity index (χ3n) is 3.11. The zero-order valence-corrected chi connectivity index (χ0v) is 14.7. The zero-order chi connectivity index (χ0) is 12.1. The van der Waals surface area contributed by atoms with Crippen molar-refractivity contribution < 1.29 is 17.0 Å². The van der Waals surface area contributed by atoms with E-state index in [1.54, 1.807) is 0 Å². The van der Waals surface area contributed by atoms with Gasteiger partial charge in [0, 0.05) is 0 Å². The van der Waals surface area contributed by atoms with Gasteiger partial charge >= 0.3 is 0 Å². The monoisotopic (exact) mass is 324 g/mol. The second-order valence-electron chi connectivity index (χ2n) is 4.85. The van der Waals surface area contributed by atoms with E-state index in [-0.39, 0.29) is 17.0 Å². The van der Waals surface area contributed by atoms with Crippen LogP contribution in [0.3, 0.4) is 0 Å². The van der Waals surface area contributed by atoms with Gasteiger partial charge in [0.25, 0.3) is 0 Å². The summed E-state index contributed by atoms with van der Waals surface area (Å²) in [7, 11) is 0.771. The average Bonchev–Trinajstić information content (AvgIpc) is 2.29. The molecule has 0 nitrogen and oxygen atoms in total. The van der Waals surface area contributed by atoms with Gasteiger partial charge in [-0.05, 0) is 49.4 Å². The van der Waals surface area contributed by atoms with Crippen LogP contribution in [-0.2, 0) is 10.9 Å². The van der Waals surface area contributed by atoms with Crippen molar-refractivity contribution in [2.45, 2.75) is 78.6 Å². The maximum atomic E-state index is 2.31. The first-order valence-electron chi connectivity index (χ1n) is 7.49. The second kappa shape index (κ2) is 16.8. The normalized spacial score (nSPS) is 10.6. The van der Waals surface area contributed by atoms with Crippen LogP contribution in [0.25, 0.3) is 0 Å². The van der Waals surface area contributed by atoms with E-state index >= 15 is 0 Å². The molecule has 0 saturated heterocycles. The highest BCUT2D eigenvalue weighted by Gasteiger charge is 2.15. The Hall–Kier alpha value is 0.830. The average molecular weight is 325 g/mol. The van der Waals surface area contributed by atoms with E-state index < -0.39 is 0 Å². The maximum Gasteiger partial charge on any atom is 0.108 e. The molecule has 0 fully saturated rings. The van der Waals surface area contributed by atoms with Crippen LogP contribution < -0.4 is 17.0 Å². The lowest BCUT2D eigenvalue weighted by Gasteiger charge is -2.08. The lowest BCUT2D eigenvalue weighted by Crippen LogP contribution is -3.00. The van der Waals surface area contributed by atoms with E-state index in [4.69, 9.17) is 0 Å². The van der Waals surface area contributed by atoms with Gasteiger partial charge in [0.1, 0.15) is 17.3 Å². The van der Waals surface area contributed by atoms with Gasteiger partial charge in [0.15, 0.2) is 0 Å². The molecule has 0 radical (unpaired) electrons. The van der Waals surface area contributed by atoms with Gasteiger partial charge in [-0.2, -0.15) is 0 Å². The molecular weight excluding hydrogens is 292 g/mol. The fourth-order valence-electron chi connectivity index (χ4n) is 1.97. The molecule has 0 aliphatic heterocycles. The van der Waals surface area contributed by atoms with Gasteiger partial charge in [-0.1, -0.05) is 40.0 Å². The first kappa shape index (κ1) is 20.2. The van der Waals surface area contributed by atoms with Crippen LogP contribution in [0.1, 0.15) is 78.6 Å². The Morgan fingerprint density at radius 2 is 0.824 bits per heavy atom. The van der Waals surface area contributed by atoms with E-state index in [0.29, 0.717) is 0 Å². The summed E-state index contributed by atoms with van der Waals surface area (Å²) in [5, 5.41) is 0. The molecule has 17 heavy (non-hydrogen) atoms. The molecule has 0 aromatic carbocycles. The molecule has 0 bridgehead atoms. The summed E-state index contributed by atoms with van der Waals surface area (Å²) in [4.78, 5) is 0. The van der Waals surface area contributed by atoms with Gasteiger partial charge in [-0.25, -0.2) is 0 Å². The van der Waals surface area contributed by atoms with Crippen molar-refractivity contribution >= 4 is 10.9 Å². The summed E-state index contributed by atoms with van der Waals surface area (Å²) in [6.45, 7) is 6.94. The molecule has 2 heteroatoms.